The van der Waals surface area contributed by atoms with Gasteiger partial charge >= 0.3 is 0 Å². The lowest BCUT2D eigenvalue weighted by atomic mass is 9.86. The standard InChI is InChI=1S/C9H17NO2/c1-9(2,3)8(12)7-4-6(11)5-10-7/h6-7,10-11H,4-5H2,1-3H3/t6-,7-/m1/s1. The fourth-order valence-corrected chi connectivity index (χ4v) is 1.44. The lowest BCUT2D eigenvalue weighted by Crippen LogP contribution is -2.38. The third kappa shape index (κ3) is 2.05. The van der Waals surface area contributed by atoms with E-state index in [2.05, 4.69) is 5.32 Å². The predicted molar refractivity (Wildman–Crippen MR) is 46.9 cm³/mol. The molecule has 1 rings (SSSR count). The molecule has 3 heteroatoms. The number of hydrogen-bond acceptors (Lipinski definition) is 3. The lowest BCUT2D eigenvalue weighted by molar-refractivity contribution is -0.128. The molecule has 0 unspecified atom stereocenters. The van der Waals surface area contributed by atoms with Crippen molar-refractivity contribution in [3.05, 3.63) is 0 Å². The number of aliphatic hydroxyl groups is 1. The van der Waals surface area contributed by atoms with Crippen molar-refractivity contribution in [2.75, 3.05) is 6.54 Å². The Labute approximate surface area is 73.2 Å². The van der Waals surface area contributed by atoms with Crippen molar-refractivity contribution >= 4 is 5.78 Å². The zero-order valence-corrected chi connectivity index (χ0v) is 7.92. The van der Waals surface area contributed by atoms with Crippen LogP contribution in [0.25, 0.3) is 0 Å². The van der Waals surface area contributed by atoms with Crippen molar-refractivity contribution in [3.8, 4) is 0 Å². The van der Waals surface area contributed by atoms with Gasteiger partial charge in [0.15, 0.2) is 5.78 Å². The number of nitrogens with one attached hydrogen (secondary N) is 1. The van der Waals surface area contributed by atoms with Gasteiger partial charge < -0.3 is 10.4 Å². The second-order valence-electron chi connectivity index (χ2n) is 4.46. The van der Waals surface area contributed by atoms with Crippen LogP contribution in [-0.2, 0) is 4.79 Å². The molecule has 0 spiro atoms. The van der Waals surface area contributed by atoms with Crippen LogP contribution in [0.1, 0.15) is 27.2 Å². The Bertz CT molecular complexity index is 183. The van der Waals surface area contributed by atoms with Crippen LogP contribution >= 0.6 is 0 Å². The van der Waals surface area contributed by atoms with Crippen LogP contribution in [0.15, 0.2) is 0 Å². The van der Waals surface area contributed by atoms with Crippen LogP contribution in [0.4, 0.5) is 0 Å². The Morgan fingerprint density at radius 2 is 2.08 bits per heavy atom. The molecule has 0 bridgehead atoms. The van der Waals surface area contributed by atoms with Gasteiger partial charge in [0, 0.05) is 12.0 Å². The molecule has 1 fully saturated rings. The van der Waals surface area contributed by atoms with E-state index in [0.717, 1.165) is 0 Å². The number of Topliss-reactive ketones (excluding diaryl/α,β-unsaturated/α-hetero) is 1. The van der Waals surface area contributed by atoms with E-state index in [-0.39, 0.29) is 23.3 Å². The molecule has 0 saturated carbocycles. The zero-order chi connectivity index (χ0) is 9.35. The molecule has 0 amide bonds. The van der Waals surface area contributed by atoms with E-state index in [9.17, 15) is 9.90 Å². The smallest absolute Gasteiger partial charge is 0.155 e. The SMILES string of the molecule is CC(C)(C)C(=O)[C@H]1C[C@@H](O)CN1. The highest BCUT2D eigenvalue weighted by Crippen LogP contribution is 2.21. The Morgan fingerprint density at radius 3 is 2.42 bits per heavy atom. The van der Waals surface area contributed by atoms with E-state index in [0.29, 0.717) is 13.0 Å². The summed E-state index contributed by atoms with van der Waals surface area (Å²) in [5, 5.41) is 12.2. The molecule has 0 aliphatic carbocycles. The van der Waals surface area contributed by atoms with Crippen LogP contribution in [0.3, 0.4) is 0 Å². The second-order valence-corrected chi connectivity index (χ2v) is 4.46. The van der Waals surface area contributed by atoms with Gasteiger partial charge in [-0.2, -0.15) is 0 Å². The third-order valence-corrected chi connectivity index (χ3v) is 2.16. The van der Waals surface area contributed by atoms with Crippen LogP contribution in [0, 0.1) is 5.41 Å². The van der Waals surface area contributed by atoms with E-state index in [4.69, 9.17) is 0 Å². The molecule has 2 atom stereocenters. The number of carbonyl (C=O) groups is 1. The van der Waals surface area contributed by atoms with Gasteiger partial charge in [-0.1, -0.05) is 20.8 Å². The average molecular weight is 171 g/mol. The minimum absolute atomic E-state index is 0.139. The third-order valence-electron chi connectivity index (χ3n) is 2.16. The van der Waals surface area contributed by atoms with Gasteiger partial charge in [0.05, 0.1) is 12.1 Å². The molecule has 2 N–H and O–H groups in total. The Kier molecular flexibility index (Phi) is 2.54. The summed E-state index contributed by atoms with van der Waals surface area (Å²) in [5.41, 5.74) is -0.304. The summed E-state index contributed by atoms with van der Waals surface area (Å²) in [7, 11) is 0. The Hall–Kier alpha value is -0.410. The number of rotatable bonds is 1. The molecule has 1 aliphatic rings. The van der Waals surface area contributed by atoms with Crippen LogP contribution in [-0.4, -0.2) is 29.6 Å². The van der Waals surface area contributed by atoms with Crippen molar-refractivity contribution in [1.29, 1.82) is 0 Å². The van der Waals surface area contributed by atoms with E-state index in [1.807, 2.05) is 20.8 Å². The molecule has 70 valence electrons. The van der Waals surface area contributed by atoms with Gasteiger partial charge in [-0.25, -0.2) is 0 Å². The number of aliphatic hydroxyl groups excluding tert-OH is 1. The van der Waals surface area contributed by atoms with Crippen molar-refractivity contribution < 1.29 is 9.90 Å². The first-order valence-corrected chi connectivity index (χ1v) is 4.37. The Morgan fingerprint density at radius 1 is 1.50 bits per heavy atom. The average Bonchev–Trinajstić information content (AvgIpc) is 2.32. The number of β-amino-alcohol motifs (C(OH)–C–C–N with tert-alkyl or cyclic N) is 1. The van der Waals surface area contributed by atoms with E-state index < -0.39 is 0 Å². The molecular formula is C9H17NO2. The normalized spacial score (nSPS) is 30.7. The number of carbonyl (C=O) groups excluding carboxylic acids is 1. The summed E-state index contributed by atoms with van der Waals surface area (Å²) in [6.07, 6.45) is 0.220. The quantitative estimate of drug-likeness (QED) is 0.597. The maximum Gasteiger partial charge on any atom is 0.155 e. The van der Waals surface area contributed by atoms with Gasteiger partial charge in [-0.15, -0.1) is 0 Å². The maximum atomic E-state index is 11.6. The molecule has 3 nitrogen and oxygen atoms in total. The molecule has 0 radical (unpaired) electrons. The molecule has 0 aromatic carbocycles. The molecule has 0 aromatic rings. The summed E-state index contributed by atoms with van der Waals surface area (Å²) < 4.78 is 0. The monoisotopic (exact) mass is 171 g/mol. The van der Waals surface area contributed by atoms with Crippen molar-refractivity contribution in [2.24, 2.45) is 5.41 Å². The minimum Gasteiger partial charge on any atom is -0.392 e. The number of hydrogen-bond donors (Lipinski definition) is 2. The summed E-state index contributed by atoms with van der Waals surface area (Å²) in [4.78, 5) is 11.6. The predicted octanol–water partition coefficient (Wildman–Crippen LogP) is 0.324. The first-order valence-electron chi connectivity index (χ1n) is 4.37. The zero-order valence-electron chi connectivity index (χ0n) is 7.92. The highest BCUT2D eigenvalue weighted by atomic mass is 16.3. The van der Waals surface area contributed by atoms with Gasteiger partial charge in [0.2, 0.25) is 0 Å². The van der Waals surface area contributed by atoms with Crippen molar-refractivity contribution in [3.63, 3.8) is 0 Å². The van der Waals surface area contributed by atoms with Crippen molar-refractivity contribution in [1.82, 2.24) is 5.32 Å². The molecule has 1 saturated heterocycles. The van der Waals surface area contributed by atoms with Crippen molar-refractivity contribution in [2.45, 2.75) is 39.3 Å². The minimum atomic E-state index is -0.346. The van der Waals surface area contributed by atoms with E-state index in [1.165, 1.54) is 0 Å². The van der Waals surface area contributed by atoms with Crippen LogP contribution < -0.4 is 5.32 Å². The first-order chi connectivity index (χ1) is 5.41. The molecule has 1 heterocycles. The molecule has 12 heavy (non-hydrogen) atoms. The van der Waals surface area contributed by atoms with Gasteiger partial charge in [0.25, 0.3) is 0 Å². The lowest BCUT2D eigenvalue weighted by Gasteiger charge is -2.21. The number of ketones is 1. The highest BCUT2D eigenvalue weighted by molar-refractivity contribution is 5.89. The topological polar surface area (TPSA) is 49.3 Å². The summed E-state index contributed by atoms with van der Waals surface area (Å²) in [6, 6.07) is -0.139. The molecule has 1 aliphatic heterocycles. The van der Waals surface area contributed by atoms with E-state index in [1.54, 1.807) is 0 Å². The first kappa shape index (κ1) is 9.68. The van der Waals surface area contributed by atoms with E-state index >= 15 is 0 Å². The molecular weight excluding hydrogens is 154 g/mol. The highest BCUT2D eigenvalue weighted by Gasteiger charge is 2.34. The van der Waals surface area contributed by atoms with Crippen LogP contribution in [0.5, 0.6) is 0 Å². The fourth-order valence-electron chi connectivity index (χ4n) is 1.44. The summed E-state index contributed by atoms with van der Waals surface area (Å²) in [5.74, 6) is 0.194. The van der Waals surface area contributed by atoms with Gasteiger partial charge in [-0.3, -0.25) is 4.79 Å². The Balaban J connectivity index is 2.55. The van der Waals surface area contributed by atoms with Crippen LogP contribution in [0.2, 0.25) is 0 Å². The second kappa shape index (κ2) is 3.15. The summed E-state index contributed by atoms with van der Waals surface area (Å²) >= 11 is 0. The van der Waals surface area contributed by atoms with Gasteiger partial charge in [-0.05, 0) is 6.42 Å². The fraction of sp³-hybridized carbons (Fsp3) is 0.889. The maximum absolute atomic E-state index is 11.6. The summed E-state index contributed by atoms with van der Waals surface area (Å²) in [6.45, 7) is 6.26. The molecule has 0 aromatic heterocycles. The van der Waals surface area contributed by atoms with Gasteiger partial charge in [0.1, 0.15) is 0 Å². The largest absolute Gasteiger partial charge is 0.392 e.